The van der Waals surface area contributed by atoms with Gasteiger partial charge in [0.2, 0.25) is 0 Å². The average Bonchev–Trinajstić information content (AvgIpc) is 2.77. The molecule has 4 nitrogen and oxygen atoms in total. The normalized spacial score (nSPS) is 27.5. The van der Waals surface area contributed by atoms with Gasteiger partial charge < -0.3 is 16.0 Å². The molecule has 2 fully saturated rings. The van der Waals surface area contributed by atoms with Crippen molar-refractivity contribution in [2.75, 3.05) is 5.32 Å². The van der Waals surface area contributed by atoms with Gasteiger partial charge in [-0.3, -0.25) is 0 Å². The first kappa shape index (κ1) is 15.1. The van der Waals surface area contributed by atoms with Gasteiger partial charge in [0.1, 0.15) is 0 Å². The molecule has 1 aromatic rings. The van der Waals surface area contributed by atoms with Crippen LogP contribution < -0.4 is 16.0 Å². The van der Waals surface area contributed by atoms with Crippen molar-refractivity contribution in [3.05, 3.63) is 29.8 Å². The first-order valence-corrected chi connectivity index (χ1v) is 7.41. The average molecular weight is 313 g/mol. The van der Waals surface area contributed by atoms with Crippen LogP contribution in [0.25, 0.3) is 0 Å². The van der Waals surface area contributed by atoms with Gasteiger partial charge in [0.25, 0.3) is 0 Å². The second-order valence-electron chi connectivity index (χ2n) is 5.95. The zero-order valence-electron chi connectivity index (χ0n) is 11.9. The fourth-order valence-electron chi connectivity index (χ4n) is 3.36. The van der Waals surface area contributed by atoms with Crippen molar-refractivity contribution in [2.24, 2.45) is 0 Å². The molecular weight excluding hydrogens is 295 g/mol. The Morgan fingerprint density at radius 3 is 2.41 bits per heavy atom. The van der Waals surface area contributed by atoms with Gasteiger partial charge in [-0.2, -0.15) is 13.2 Å². The van der Waals surface area contributed by atoms with Gasteiger partial charge in [0.15, 0.2) is 0 Å². The Morgan fingerprint density at radius 2 is 1.77 bits per heavy atom. The molecule has 0 radical (unpaired) electrons. The summed E-state index contributed by atoms with van der Waals surface area (Å²) in [5.74, 6) is 0. The van der Waals surface area contributed by atoms with Crippen LogP contribution in [0.3, 0.4) is 0 Å². The lowest BCUT2D eigenvalue weighted by Gasteiger charge is -2.29. The van der Waals surface area contributed by atoms with E-state index in [1.54, 1.807) is 0 Å². The molecular formula is C15H18F3N3O. The van der Waals surface area contributed by atoms with Crippen molar-refractivity contribution in [3.8, 4) is 0 Å². The highest BCUT2D eigenvalue weighted by Crippen LogP contribution is 2.34. The predicted molar refractivity (Wildman–Crippen MR) is 76.6 cm³/mol. The smallest absolute Gasteiger partial charge is 0.335 e. The number of carbonyl (C=O) groups is 1. The van der Waals surface area contributed by atoms with E-state index in [0.29, 0.717) is 12.1 Å². The third-order valence-electron chi connectivity index (χ3n) is 4.29. The third kappa shape index (κ3) is 3.35. The lowest BCUT2D eigenvalue weighted by molar-refractivity contribution is -0.136. The molecule has 0 aliphatic carbocycles. The highest BCUT2D eigenvalue weighted by Gasteiger charge is 2.35. The summed E-state index contributed by atoms with van der Waals surface area (Å²) in [7, 11) is 0. The number of hydrogen-bond donors (Lipinski definition) is 3. The van der Waals surface area contributed by atoms with Crippen molar-refractivity contribution in [2.45, 2.75) is 50.0 Å². The van der Waals surface area contributed by atoms with Gasteiger partial charge in [-0.05, 0) is 37.8 Å². The number of alkyl halides is 3. The largest absolute Gasteiger partial charge is 0.418 e. The van der Waals surface area contributed by atoms with Crippen molar-refractivity contribution in [1.29, 1.82) is 0 Å². The van der Waals surface area contributed by atoms with Crippen LogP contribution in [0.2, 0.25) is 0 Å². The zero-order chi connectivity index (χ0) is 15.7. The van der Waals surface area contributed by atoms with E-state index in [1.807, 2.05) is 0 Å². The molecule has 0 spiro atoms. The summed E-state index contributed by atoms with van der Waals surface area (Å²) in [6, 6.07) is 5.23. The van der Waals surface area contributed by atoms with Crippen LogP contribution in [-0.4, -0.2) is 24.2 Å². The van der Waals surface area contributed by atoms with Crippen LogP contribution in [0.4, 0.5) is 23.7 Å². The number of rotatable bonds is 2. The first-order valence-electron chi connectivity index (χ1n) is 7.41. The zero-order valence-corrected chi connectivity index (χ0v) is 11.9. The maximum Gasteiger partial charge on any atom is 0.418 e. The van der Waals surface area contributed by atoms with Gasteiger partial charge in [0, 0.05) is 18.1 Å². The molecule has 2 aliphatic heterocycles. The van der Waals surface area contributed by atoms with Crippen molar-refractivity contribution < 1.29 is 18.0 Å². The summed E-state index contributed by atoms with van der Waals surface area (Å²) in [6.07, 6.45) is -0.643. The van der Waals surface area contributed by atoms with Gasteiger partial charge in [0.05, 0.1) is 11.3 Å². The number of urea groups is 1. The number of para-hydroxylation sites is 1. The van der Waals surface area contributed by atoms with Crippen molar-refractivity contribution >= 4 is 11.7 Å². The van der Waals surface area contributed by atoms with E-state index in [0.717, 1.165) is 31.7 Å². The highest BCUT2D eigenvalue weighted by atomic mass is 19.4. The quantitative estimate of drug-likeness (QED) is 0.786. The Morgan fingerprint density at radius 1 is 1.14 bits per heavy atom. The van der Waals surface area contributed by atoms with E-state index in [1.165, 1.54) is 18.2 Å². The molecule has 3 N–H and O–H groups in total. The minimum atomic E-state index is -4.49. The van der Waals surface area contributed by atoms with Crippen LogP contribution in [0, 0.1) is 0 Å². The Balaban J connectivity index is 1.63. The minimum absolute atomic E-state index is 0.0109. The van der Waals surface area contributed by atoms with E-state index in [9.17, 15) is 18.0 Å². The lowest BCUT2D eigenvalue weighted by Crippen LogP contribution is -2.49. The number of fused-ring (bicyclic) bond motifs is 2. The second-order valence-corrected chi connectivity index (χ2v) is 5.95. The maximum atomic E-state index is 12.9. The van der Waals surface area contributed by atoms with Crippen LogP contribution in [0.5, 0.6) is 0 Å². The summed E-state index contributed by atoms with van der Waals surface area (Å²) in [5.41, 5.74) is -1.06. The van der Waals surface area contributed by atoms with Crippen molar-refractivity contribution in [1.82, 2.24) is 10.6 Å². The molecule has 2 atom stereocenters. The van der Waals surface area contributed by atoms with Crippen LogP contribution in [0.15, 0.2) is 24.3 Å². The van der Waals surface area contributed by atoms with E-state index < -0.39 is 17.8 Å². The van der Waals surface area contributed by atoms with Gasteiger partial charge in [-0.15, -0.1) is 0 Å². The topological polar surface area (TPSA) is 53.2 Å². The highest BCUT2D eigenvalue weighted by molar-refractivity contribution is 5.90. The second kappa shape index (κ2) is 5.79. The van der Waals surface area contributed by atoms with Crippen LogP contribution >= 0.6 is 0 Å². The molecule has 2 heterocycles. The molecule has 7 heteroatoms. The van der Waals surface area contributed by atoms with Gasteiger partial charge in [-0.1, -0.05) is 12.1 Å². The lowest BCUT2D eigenvalue weighted by atomic mass is 10.00. The molecule has 2 saturated heterocycles. The summed E-state index contributed by atoms with van der Waals surface area (Å²) >= 11 is 0. The fraction of sp³-hybridized carbons (Fsp3) is 0.533. The number of benzene rings is 1. The summed E-state index contributed by atoms with van der Waals surface area (Å²) in [6.45, 7) is 0. The Kier molecular flexibility index (Phi) is 3.99. The van der Waals surface area contributed by atoms with E-state index in [2.05, 4.69) is 16.0 Å². The maximum absolute atomic E-state index is 12.9. The molecule has 2 aliphatic rings. The predicted octanol–water partition coefficient (Wildman–Crippen LogP) is 3.11. The Bertz CT molecular complexity index is 549. The number of amides is 2. The molecule has 3 rings (SSSR count). The molecule has 1 aromatic carbocycles. The van der Waals surface area contributed by atoms with Crippen LogP contribution in [-0.2, 0) is 6.18 Å². The van der Waals surface area contributed by atoms with Gasteiger partial charge in [-0.25, -0.2) is 4.79 Å². The number of nitrogens with one attached hydrogen (secondary N) is 3. The van der Waals surface area contributed by atoms with Crippen molar-refractivity contribution in [3.63, 3.8) is 0 Å². The molecule has 2 unspecified atom stereocenters. The van der Waals surface area contributed by atoms with E-state index in [-0.39, 0.29) is 11.7 Å². The molecule has 0 saturated carbocycles. The number of carbonyl (C=O) groups excluding carboxylic acids is 1. The SMILES string of the molecule is O=C(Nc1ccccc1C(F)(F)F)NC1CC2CCC(C1)N2. The number of halogens is 3. The molecule has 0 aromatic heterocycles. The standard InChI is InChI=1S/C15H18F3N3O/c16-15(17,18)12-3-1-2-4-13(12)21-14(22)20-11-7-9-5-6-10(8-11)19-9/h1-4,9-11,19H,5-8H2,(H2,20,21,22). The van der Waals surface area contributed by atoms with E-state index >= 15 is 0 Å². The summed E-state index contributed by atoms with van der Waals surface area (Å²) < 4.78 is 38.7. The molecule has 120 valence electrons. The Hall–Kier alpha value is -1.76. The number of piperidine rings is 1. The fourth-order valence-corrected chi connectivity index (χ4v) is 3.36. The summed E-state index contributed by atoms with van der Waals surface area (Å²) in [5, 5.41) is 8.57. The summed E-state index contributed by atoms with van der Waals surface area (Å²) in [4.78, 5) is 12.0. The molecule has 2 amide bonds. The minimum Gasteiger partial charge on any atom is -0.335 e. The number of hydrogen-bond acceptors (Lipinski definition) is 2. The molecule has 22 heavy (non-hydrogen) atoms. The number of anilines is 1. The first-order chi connectivity index (χ1) is 10.4. The molecule has 2 bridgehead atoms. The van der Waals surface area contributed by atoms with E-state index in [4.69, 9.17) is 0 Å². The monoisotopic (exact) mass is 313 g/mol. The van der Waals surface area contributed by atoms with Gasteiger partial charge >= 0.3 is 12.2 Å². The third-order valence-corrected chi connectivity index (χ3v) is 4.29. The van der Waals surface area contributed by atoms with Crippen LogP contribution in [0.1, 0.15) is 31.2 Å². The Labute approximate surface area is 126 Å².